The molecule has 0 aliphatic rings. The van der Waals surface area contributed by atoms with Crippen LogP contribution in [0.5, 0.6) is 0 Å². The fourth-order valence-electron chi connectivity index (χ4n) is 9.46. The monoisotopic (exact) mass is 740 g/mol. The van der Waals surface area contributed by atoms with E-state index in [-0.39, 0.29) is 0 Å². The minimum Gasteiger partial charge on any atom is -0.456 e. The summed E-state index contributed by atoms with van der Waals surface area (Å²) in [7, 11) is 0. The molecule has 0 amide bonds. The van der Waals surface area contributed by atoms with Crippen LogP contribution in [0.25, 0.3) is 121 Å². The Morgan fingerprint density at radius 3 is 1.02 bits per heavy atom. The van der Waals surface area contributed by atoms with Gasteiger partial charge in [-0.2, -0.15) is 0 Å². The minimum atomic E-state index is 0.817. The predicted octanol–water partition coefficient (Wildman–Crippen LogP) is 15.0. The zero-order chi connectivity index (χ0) is 37.9. The van der Waals surface area contributed by atoms with Crippen molar-refractivity contribution in [1.29, 1.82) is 0 Å². The van der Waals surface area contributed by atoms with Crippen molar-refractivity contribution in [2.45, 2.75) is 0 Å². The Bertz CT molecular complexity index is 3460. The molecule has 0 bridgehead atoms. The first-order chi connectivity index (χ1) is 28.7. The molecule has 0 radical (unpaired) electrons. The molecule has 4 aromatic heterocycles. The van der Waals surface area contributed by atoms with Crippen molar-refractivity contribution in [3.05, 3.63) is 194 Å². The van der Waals surface area contributed by atoms with E-state index in [4.69, 9.17) is 8.83 Å². The number of nitrogens with zero attached hydrogens (tertiary/aromatic N) is 2. The third-order valence-electron chi connectivity index (χ3n) is 12.1. The Morgan fingerprint density at radius 1 is 0.241 bits per heavy atom. The van der Waals surface area contributed by atoms with Gasteiger partial charge in [0, 0.05) is 60.5 Å². The second kappa shape index (κ2) is 11.8. The van der Waals surface area contributed by atoms with E-state index < -0.39 is 0 Å². The summed E-state index contributed by atoms with van der Waals surface area (Å²) < 4.78 is 17.9. The average Bonchev–Trinajstić information content (AvgIpc) is 4.02. The number of hydrogen-bond donors (Lipinski definition) is 0. The lowest BCUT2D eigenvalue weighted by molar-refractivity contribution is 0.656. The normalized spacial score (nSPS) is 12.1. The topological polar surface area (TPSA) is 36.1 Å². The second-order valence-electron chi connectivity index (χ2n) is 15.3. The molecule has 4 nitrogen and oxygen atoms in total. The van der Waals surface area contributed by atoms with E-state index in [0.717, 1.165) is 77.5 Å². The molecule has 0 spiro atoms. The lowest BCUT2D eigenvalue weighted by Gasteiger charge is -2.10. The lowest BCUT2D eigenvalue weighted by atomic mass is 10.0. The molecular formula is C54H32N2O2. The van der Waals surface area contributed by atoms with Gasteiger partial charge in [0.15, 0.2) is 0 Å². The SMILES string of the molecule is c1cc(-c2ccc3c(c2)oc2cc4oc5cc(-c6cccc(-n7c8ccccc8c8ccccc87)c6)ccc5c4cc23)cc(-n2c3ccccc3c3ccccc32)c1. The standard InChI is InChI=1S/C54H32N2O2/c1-5-19-47-39(15-1)40-16-2-6-20-48(40)55(47)37-13-9-11-33(27-37)35-23-25-43-45-31-46-44-26-24-36(30-52(44)58-54(46)32-53(45)57-51(43)29-35)34-12-10-14-38(28-34)56-49-21-7-3-17-41(49)42-18-4-8-22-50(42)56/h1-32H. The summed E-state index contributed by atoms with van der Waals surface area (Å²) in [5.74, 6) is 0. The van der Waals surface area contributed by atoms with E-state index >= 15 is 0 Å². The molecule has 4 heteroatoms. The molecule has 270 valence electrons. The Kier molecular flexibility index (Phi) is 6.41. The number of aromatic nitrogens is 2. The second-order valence-corrected chi connectivity index (χ2v) is 15.3. The van der Waals surface area contributed by atoms with E-state index in [2.05, 4.69) is 203 Å². The molecule has 0 saturated heterocycles. The van der Waals surface area contributed by atoms with E-state index in [1.807, 2.05) is 0 Å². The van der Waals surface area contributed by atoms with Crippen LogP contribution in [-0.2, 0) is 0 Å². The van der Waals surface area contributed by atoms with Crippen LogP contribution in [0, 0.1) is 0 Å². The molecule has 0 fully saturated rings. The minimum absolute atomic E-state index is 0.817. The maximum atomic E-state index is 6.57. The smallest absolute Gasteiger partial charge is 0.139 e. The van der Waals surface area contributed by atoms with E-state index in [1.54, 1.807) is 0 Å². The van der Waals surface area contributed by atoms with Gasteiger partial charge in [-0.1, -0.05) is 109 Å². The maximum Gasteiger partial charge on any atom is 0.139 e. The third-order valence-corrected chi connectivity index (χ3v) is 12.1. The van der Waals surface area contributed by atoms with Gasteiger partial charge in [-0.05, 0) is 101 Å². The maximum absolute atomic E-state index is 6.57. The van der Waals surface area contributed by atoms with Gasteiger partial charge in [0.1, 0.15) is 22.3 Å². The van der Waals surface area contributed by atoms with Crippen LogP contribution in [0.4, 0.5) is 0 Å². The summed E-state index contributed by atoms with van der Waals surface area (Å²) in [6.07, 6.45) is 0. The zero-order valence-electron chi connectivity index (χ0n) is 31.2. The van der Waals surface area contributed by atoms with E-state index in [0.29, 0.717) is 0 Å². The number of fused-ring (bicyclic) bond motifs is 12. The van der Waals surface area contributed by atoms with Crippen molar-refractivity contribution in [3.63, 3.8) is 0 Å². The molecule has 0 unspecified atom stereocenters. The summed E-state index contributed by atoms with van der Waals surface area (Å²) in [6.45, 7) is 0. The number of para-hydroxylation sites is 4. The summed E-state index contributed by atoms with van der Waals surface area (Å²) in [6, 6.07) is 69.5. The molecule has 13 aromatic rings. The highest BCUT2D eigenvalue weighted by atomic mass is 16.3. The van der Waals surface area contributed by atoms with Gasteiger partial charge >= 0.3 is 0 Å². The summed E-state index contributed by atoms with van der Waals surface area (Å²) in [5.41, 5.74) is 14.9. The van der Waals surface area contributed by atoms with E-state index in [1.165, 1.54) is 43.6 Å². The number of hydrogen-bond acceptors (Lipinski definition) is 2. The van der Waals surface area contributed by atoms with Crippen molar-refractivity contribution in [2.24, 2.45) is 0 Å². The van der Waals surface area contributed by atoms with Crippen molar-refractivity contribution in [1.82, 2.24) is 9.13 Å². The van der Waals surface area contributed by atoms with Gasteiger partial charge in [-0.3, -0.25) is 0 Å². The highest BCUT2D eigenvalue weighted by Gasteiger charge is 2.17. The zero-order valence-corrected chi connectivity index (χ0v) is 31.2. The van der Waals surface area contributed by atoms with Crippen LogP contribution in [0.1, 0.15) is 0 Å². The fraction of sp³-hybridized carbons (Fsp3) is 0. The summed E-state index contributed by atoms with van der Waals surface area (Å²) in [5, 5.41) is 9.37. The molecule has 0 aliphatic carbocycles. The van der Waals surface area contributed by atoms with Crippen molar-refractivity contribution in [3.8, 4) is 33.6 Å². The quantitative estimate of drug-likeness (QED) is 0.180. The average molecular weight is 741 g/mol. The Balaban J connectivity index is 0.875. The molecule has 0 N–H and O–H groups in total. The fourth-order valence-corrected chi connectivity index (χ4v) is 9.46. The first-order valence-electron chi connectivity index (χ1n) is 19.7. The molecule has 0 atom stereocenters. The first kappa shape index (κ1) is 31.4. The van der Waals surface area contributed by atoms with Crippen LogP contribution >= 0.6 is 0 Å². The van der Waals surface area contributed by atoms with Crippen molar-refractivity contribution in [2.75, 3.05) is 0 Å². The van der Waals surface area contributed by atoms with Gasteiger partial charge in [-0.15, -0.1) is 0 Å². The number of benzene rings is 9. The van der Waals surface area contributed by atoms with Crippen molar-refractivity contribution >= 4 is 87.5 Å². The van der Waals surface area contributed by atoms with Crippen LogP contribution in [0.15, 0.2) is 203 Å². The highest BCUT2D eigenvalue weighted by Crippen LogP contribution is 2.40. The molecule has 0 aliphatic heterocycles. The molecular weight excluding hydrogens is 709 g/mol. The van der Waals surface area contributed by atoms with Gasteiger partial charge in [0.05, 0.1) is 22.1 Å². The Labute approximate surface area is 332 Å². The van der Waals surface area contributed by atoms with Crippen LogP contribution in [0.2, 0.25) is 0 Å². The lowest BCUT2D eigenvalue weighted by Crippen LogP contribution is -1.94. The van der Waals surface area contributed by atoms with Gasteiger partial charge in [-0.25, -0.2) is 0 Å². The van der Waals surface area contributed by atoms with Gasteiger partial charge in [0.25, 0.3) is 0 Å². The third kappa shape index (κ3) is 4.51. The largest absolute Gasteiger partial charge is 0.456 e. The highest BCUT2D eigenvalue weighted by molar-refractivity contribution is 6.16. The molecule has 58 heavy (non-hydrogen) atoms. The summed E-state index contributed by atoms with van der Waals surface area (Å²) >= 11 is 0. The molecule has 4 heterocycles. The Morgan fingerprint density at radius 2 is 0.603 bits per heavy atom. The Hall–Kier alpha value is -7.82. The first-order valence-corrected chi connectivity index (χ1v) is 19.7. The molecule has 13 rings (SSSR count). The number of furan rings is 2. The van der Waals surface area contributed by atoms with Gasteiger partial charge < -0.3 is 18.0 Å². The summed E-state index contributed by atoms with van der Waals surface area (Å²) in [4.78, 5) is 0. The van der Waals surface area contributed by atoms with Crippen molar-refractivity contribution < 1.29 is 8.83 Å². The van der Waals surface area contributed by atoms with Crippen LogP contribution in [-0.4, -0.2) is 9.13 Å². The predicted molar refractivity (Wildman–Crippen MR) is 241 cm³/mol. The van der Waals surface area contributed by atoms with E-state index in [9.17, 15) is 0 Å². The molecule has 9 aromatic carbocycles. The van der Waals surface area contributed by atoms with Crippen LogP contribution in [0.3, 0.4) is 0 Å². The van der Waals surface area contributed by atoms with Crippen LogP contribution < -0.4 is 0 Å². The van der Waals surface area contributed by atoms with Gasteiger partial charge in [0.2, 0.25) is 0 Å². The number of rotatable bonds is 4. The molecule has 0 saturated carbocycles.